The van der Waals surface area contributed by atoms with Gasteiger partial charge in [0, 0.05) is 28.9 Å². The Labute approximate surface area is 186 Å². The van der Waals surface area contributed by atoms with Crippen LogP contribution in [0.15, 0.2) is 30.5 Å². The summed E-state index contributed by atoms with van der Waals surface area (Å²) in [6.07, 6.45) is -4.52. The van der Waals surface area contributed by atoms with E-state index in [1.807, 2.05) is 6.07 Å². The number of phenols is 1. The molecule has 0 radical (unpaired) electrons. The number of aromatic nitrogens is 2. The van der Waals surface area contributed by atoms with E-state index in [0.29, 0.717) is 5.82 Å². The molecular formula is C23H20F4N4O2. The van der Waals surface area contributed by atoms with Gasteiger partial charge in [-0.3, -0.25) is 0 Å². The zero-order chi connectivity index (χ0) is 24.3. The highest BCUT2D eigenvalue weighted by Gasteiger charge is 2.64. The fourth-order valence-electron chi connectivity index (χ4n) is 4.70. The molecule has 2 aromatic carbocycles. The minimum Gasteiger partial charge on any atom is -0.506 e. The Hall–Kier alpha value is -3.45. The quantitative estimate of drug-likeness (QED) is 0.476. The monoisotopic (exact) mass is 460 g/mol. The SMILES string of the molecule is Cc1ncc2c(NC3c4ccc(C#N)c(O)c4C(C)(C)CC3(O)C(F)(F)F)cc(F)cc2n1. The summed E-state index contributed by atoms with van der Waals surface area (Å²) < 4.78 is 57.2. The lowest BCUT2D eigenvalue weighted by atomic mass is 9.63. The summed E-state index contributed by atoms with van der Waals surface area (Å²) in [6.45, 7) is 4.50. The van der Waals surface area contributed by atoms with Crippen molar-refractivity contribution in [3.05, 3.63) is 58.8 Å². The Balaban J connectivity index is 1.99. The Morgan fingerprint density at radius 1 is 1.24 bits per heavy atom. The molecule has 1 aliphatic carbocycles. The first-order valence-corrected chi connectivity index (χ1v) is 10.0. The number of alkyl halides is 3. The van der Waals surface area contributed by atoms with E-state index in [9.17, 15) is 33.0 Å². The van der Waals surface area contributed by atoms with E-state index in [2.05, 4.69) is 15.3 Å². The van der Waals surface area contributed by atoms with Gasteiger partial charge in [0.25, 0.3) is 0 Å². The summed E-state index contributed by atoms with van der Waals surface area (Å²) in [7, 11) is 0. The molecule has 0 amide bonds. The molecule has 0 saturated carbocycles. The molecule has 4 rings (SSSR count). The average molecular weight is 460 g/mol. The number of fused-ring (bicyclic) bond motifs is 2. The van der Waals surface area contributed by atoms with Crippen LogP contribution in [0.25, 0.3) is 10.9 Å². The fourth-order valence-corrected chi connectivity index (χ4v) is 4.70. The molecule has 33 heavy (non-hydrogen) atoms. The van der Waals surface area contributed by atoms with Gasteiger partial charge < -0.3 is 15.5 Å². The maximum Gasteiger partial charge on any atom is 0.419 e. The number of nitrogens with zero attached hydrogens (tertiary/aromatic N) is 3. The van der Waals surface area contributed by atoms with E-state index in [1.54, 1.807) is 6.92 Å². The normalized spacial score (nSPS) is 22.0. The maximum atomic E-state index is 14.3. The van der Waals surface area contributed by atoms with E-state index < -0.39 is 41.2 Å². The number of aryl methyl sites for hydroxylation is 1. The van der Waals surface area contributed by atoms with Crippen molar-refractivity contribution in [3.63, 3.8) is 0 Å². The number of halogens is 4. The Morgan fingerprint density at radius 2 is 1.94 bits per heavy atom. The predicted molar refractivity (Wildman–Crippen MR) is 112 cm³/mol. The molecule has 2 unspecified atom stereocenters. The molecule has 3 aromatic rings. The van der Waals surface area contributed by atoms with Crippen LogP contribution >= 0.6 is 0 Å². The number of nitriles is 1. The highest BCUT2D eigenvalue weighted by atomic mass is 19.4. The van der Waals surface area contributed by atoms with Gasteiger partial charge in [-0.25, -0.2) is 14.4 Å². The van der Waals surface area contributed by atoms with Gasteiger partial charge >= 0.3 is 6.18 Å². The van der Waals surface area contributed by atoms with Crippen molar-refractivity contribution in [3.8, 4) is 11.8 Å². The number of rotatable bonds is 2. The number of nitrogens with one attached hydrogen (secondary N) is 1. The third-order valence-corrected chi connectivity index (χ3v) is 6.08. The molecule has 10 heteroatoms. The van der Waals surface area contributed by atoms with Gasteiger partial charge in [0.05, 0.1) is 17.1 Å². The minimum atomic E-state index is -5.07. The topological polar surface area (TPSA) is 102 Å². The van der Waals surface area contributed by atoms with Crippen LogP contribution in [0, 0.1) is 24.1 Å². The van der Waals surface area contributed by atoms with Crippen molar-refractivity contribution in [2.45, 2.75) is 50.4 Å². The first kappa shape index (κ1) is 22.7. The van der Waals surface area contributed by atoms with Gasteiger partial charge in [-0.05, 0) is 36.5 Å². The molecule has 0 spiro atoms. The van der Waals surface area contributed by atoms with Crippen LogP contribution in [0.2, 0.25) is 0 Å². The minimum absolute atomic E-state index is 0.0481. The molecule has 0 fully saturated rings. The van der Waals surface area contributed by atoms with E-state index in [0.717, 1.165) is 12.1 Å². The zero-order valence-corrected chi connectivity index (χ0v) is 17.9. The van der Waals surface area contributed by atoms with E-state index in [1.165, 1.54) is 32.2 Å². The number of aliphatic hydroxyl groups is 1. The second-order valence-electron chi connectivity index (χ2n) is 8.90. The summed E-state index contributed by atoms with van der Waals surface area (Å²) >= 11 is 0. The van der Waals surface area contributed by atoms with E-state index >= 15 is 0 Å². The largest absolute Gasteiger partial charge is 0.506 e. The first-order valence-electron chi connectivity index (χ1n) is 10.0. The molecule has 1 heterocycles. The number of anilines is 1. The highest BCUT2D eigenvalue weighted by Crippen LogP contribution is 2.56. The summed E-state index contributed by atoms with van der Waals surface area (Å²) in [5, 5.41) is 33.9. The second-order valence-corrected chi connectivity index (χ2v) is 8.90. The first-order chi connectivity index (χ1) is 15.3. The number of benzene rings is 2. The fraction of sp³-hybridized carbons (Fsp3) is 0.348. The number of hydrogen-bond donors (Lipinski definition) is 3. The van der Waals surface area contributed by atoms with Gasteiger partial charge in [-0.1, -0.05) is 19.9 Å². The lowest BCUT2D eigenvalue weighted by Crippen LogP contribution is -2.58. The number of phenolic OH excluding ortho intramolecular Hbond substituents is 1. The average Bonchev–Trinajstić information content (AvgIpc) is 2.69. The standard InChI is InChI=1S/C23H20F4N4O2/c1-11-29-9-15-16(30-11)6-13(24)7-17(15)31-20-14-5-4-12(8-28)19(32)18(14)21(2,3)10-22(20,33)23(25,26)27/h4-7,9,20,31-33H,10H2,1-3H3. The molecule has 1 aromatic heterocycles. The lowest BCUT2D eigenvalue weighted by molar-refractivity contribution is -0.275. The van der Waals surface area contributed by atoms with Crippen LogP contribution < -0.4 is 5.32 Å². The molecule has 3 N–H and O–H groups in total. The highest BCUT2D eigenvalue weighted by molar-refractivity contribution is 5.91. The Kier molecular flexibility index (Phi) is 5.02. The van der Waals surface area contributed by atoms with Gasteiger partial charge in [0.2, 0.25) is 0 Å². The van der Waals surface area contributed by atoms with Crippen molar-refractivity contribution >= 4 is 16.6 Å². The molecule has 0 aliphatic heterocycles. The van der Waals surface area contributed by atoms with Crippen LogP contribution in [-0.2, 0) is 5.41 Å². The zero-order valence-electron chi connectivity index (χ0n) is 17.9. The second kappa shape index (κ2) is 7.28. The lowest BCUT2D eigenvalue weighted by Gasteiger charge is -2.49. The van der Waals surface area contributed by atoms with Crippen molar-refractivity contribution in [1.82, 2.24) is 9.97 Å². The van der Waals surface area contributed by atoms with Crippen molar-refractivity contribution in [1.29, 1.82) is 5.26 Å². The van der Waals surface area contributed by atoms with Crippen LogP contribution in [-0.4, -0.2) is 32.0 Å². The summed E-state index contributed by atoms with van der Waals surface area (Å²) in [5.41, 5.74) is -4.51. The number of hydrogen-bond acceptors (Lipinski definition) is 6. The van der Waals surface area contributed by atoms with Gasteiger partial charge in [0.15, 0.2) is 5.60 Å². The molecule has 1 aliphatic rings. The smallest absolute Gasteiger partial charge is 0.419 e. The summed E-state index contributed by atoms with van der Waals surface area (Å²) in [5.74, 6) is -0.832. The van der Waals surface area contributed by atoms with Crippen LogP contribution in [0.3, 0.4) is 0 Å². The van der Waals surface area contributed by atoms with Crippen molar-refractivity contribution < 1.29 is 27.8 Å². The van der Waals surface area contributed by atoms with Gasteiger partial charge in [-0.15, -0.1) is 0 Å². The molecule has 6 nitrogen and oxygen atoms in total. The summed E-state index contributed by atoms with van der Waals surface area (Å²) in [6, 6.07) is 4.59. The summed E-state index contributed by atoms with van der Waals surface area (Å²) in [4.78, 5) is 8.17. The number of aromatic hydroxyl groups is 1. The Bertz CT molecular complexity index is 1310. The molecule has 0 bridgehead atoms. The van der Waals surface area contributed by atoms with E-state index in [-0.39, 0.29) is 33.3 Å². The third-order valence-electron chi connectivity index (χ3n) is 6.08. The molecule has 2 atom stereocenters. The van der Waals surface area contributed by atoms with Crippen LogP contribution in [0.1, 0.15) is 48.8 Å². The van der Waals surface area contributed by atoms with Crippen LogP contribution in [0.5, 0.6) is 5.75 Å². The maximum absolute atomic E-state index is 14.3. The van der Waals surface area contributed by atoms with Crippen molar-refractivity contribution in [2.24, 2.45) is 0 Å². The molecule has 172 valence electrons. The molecule has 0 saturated heterocycles. The van der Waals surface area contributed by atoms with Gasteiger partial charge in [0.1, 0.15) is 23.5 Å². The van der Waals surface area contributed by atoms with Crippen LogP contribution in [0.4, 0.5) is 23.2 Å². The van der Waals surface area contributed by atoms with Crippen molar-refractivity contribution in [2.75, 3.05) is 5.32 Å². The van der Waals surface area contributed by atoms with E-state index in [4.69, 9.17) is 0 Å². The molecular weight excluding hydrogens is 440 g/mol. The third kappa shape index (κ3) is 3.53. The predicted octanol–water partition coefficient (Wildman–Crippen LogP) is 4.78. The Morgan fingerprint density at radius 3 is 2.58 bits per heavy atom. The van der Waals surface area contributed by atoms with Gasteiger partial charge in [-0.2, -0.15) is 18.4 Å².